The number of hydrogen-bond acceptors (Lipinski definition) is 14. The summed E-state index contributed by atoms with van der Waals surface area (Å²) >= 11 is 0. The number of rotatable bonds is 13. The molecule has 0 radical (unpaired) electrons. The van der Waals surface area contributed by atoms with Gasteiger partial charge in [0.15, 0.2) is 28.5 Å². The predicted molar refractivity (Wildman–Crippen MR) is 247 cm³/mol. The fourth-order valence-electron chi connectivity index (χ4n) is 7.75. The van der Waals surface area contributed by atoms with Crippen molar-refractivity contribution >= 4 is 26.8 Å². The third-order valence-corrected chi connectivity index (χ3v) is 23.7. The molecule has 1 aromatic carbocycles. The molecule has 0 saturated carbocycles. The van der Waals surface area contributed by atoms with Crippen molar-refractivity contribution in [2.24, 2.45) is 10.8 Å². The minimum Gasteiger partial charge on any atom is -0.414 e. The molecule has 5 heterocycles. The van der Waals surface area contributed by atoms with Gasteiger partial charge in [-0.15, -0.1) is 0 Å². The Morgan fingerprint density at radius 3 is 1.85 bits per heavy atom. The van der Waals surface area contributed by atoms with Gasteiger partial charge < -0.3 is 29.2 Å². The molecule has 3 aliphatic heterocycles. The van der Waals surface area contributed by atoms with Crippen molar-refractivity contribution < 1.29 is 36.0 Å². The minimum atomic E-state index is -4.33. The van der Waals surface area contributed by atoms with Crippen molar-refractivity contribution in [2.75, 3.05) is 13.2 Å². The van der Waals surface area contributed by atoms with Crippen LogP contribution in [0.3, 0.4) is 0 Å². The third kappa shape index (κ3) is 9.45. The number of azide groups is 1. The van der Waals surface area contributed by atoms with Crippen molar-refractivity contribution in [3.63, 3.8) is 0 Å². The van der Waals surface area contributed by atoms with Gasteiger partial charge in [-0.2, -0.15) is 8.42 Å². The van der Waals surface area contributed by atoms with Crippen molar-refractivity contribution in [1.29, 1.82) is 0 Å². The number of hydrogen-bond donors (Lipinski definition) is 2. The zero-order valence-electron chi connectivity index (χ0n) is 39.1. The van der Waals surface area contributed by atoms with E-state index in [9.17, 15) is 32.7 Å². The molecule has 356 valence electrons. The van der Waals surface area contributed by atoms with Crippen LogP contribution in [0.2, 0.25) is 36.3 Å². The topological polar surface area (TPSA) is 263 Å². The first kappa shape index (κ1) is 50.0. The van der Waals surface area contributed by atoms with Gasteiger partial charge in [-0.05, 0) is 66.8 Å². The number of aromatic nitrogens is 4. The number of aliphatic hydroxyl groups is 1. The molecule has 6 rings (SSSR count). The average Bonchev–Trinajstić information content (AvgIpc) is 3.83. The van der Waals surface area contributed by atoms with Gasteiger partial charge in [0.2, 0.25) is 0 Å². The Morgan fingerprint density at radius 1 is 0.877 bits per heavy atom. The van der Waals surface area contributed by atoms with Gasteiger partial charge in [0.1, 0.15) is 18.4 Å². The second-order valence-corrected chi connectivity index (χ2v) is 31.2. The van der Waals surface area contributed by atoms with Crippen LogP contribution in [0.25, 0.3) is 10.4 Å². The molecule has 65 heavy (non-hydrogen) atoms. The van der Waals surface area contributed by atoms with Crippen LogP contribution in [0.15, 0.2) is 72.1 Å². The standard InChI is InChI=1S/C42H62N8O12SSi2/c1-25-18-47(33-17-29(45-46-44)30(22-51)59-33)38(54)48(35(25)52)20-27-13-15-28(16-14-27)21-49-36(53)26(2)19-50(39(49)55)37-34(61-65(11,12)41(6,7)8)42(31(43)24-63(56,57)62-42)32(60-37)23-58-64(9,10)40(3,4)5/h13-16,18-19,24,29-30,32-34,37,51H,17,20-23,43H2,1-12H3/t29-,30+,32?,33+,34-,37+,42?/m0/s1. The largest absolute Gasteiger partial charge is 0.414 e. The fraction of sp³-hybridized carbons (Fsp3) is 0.619. The maximum Gasteiger partial charge on any atom is 0.333 e. The molecule has 3 N–H and O–H groups in total. The van der Waals surface area contributed by atoms with Crippen LogP contribution in [-0.2, 0) is 45.7 Å². The molecule has 2 saturated heterocycles. The quantitative estimate of drug-likeness (QED) is 0.0801. The monoisotopic (exact) mass is 958 g/mol. The van der Waals surface area contributed by atoms with Crippen molar-refractivity contribution in [1.82, 2.24) is 18.3 Å². The van der Waals surface area contributed by atoms with E-state index >= 15 is 0 Å². The second-order valence-electron chi connectivity index (χ2n) is 20.3. The Kier molecular flexibility index (Phi) is 13.6. The zero-order chi connectivity index (χ0) is 48.4. The van der Waals surface area contributed by atoms with Gasteiger partial charge in [-0.3, -0.25) is 27.9 Å². The van der Waals surface area contributed by atoms with E-state index in [1.54, 1.807) is 38.1 Å². The summed E-state index contributed by atoms with van der Waals surface area (Å²) in [6, 6.07) is 5.98. The lowest BCUT2D eigenvalue weighted by molar-refractivity contribution is -0.0567. The minimum absolute atomic E-state index is 0.118. The Bertz CT molecular complexity index is 2760. The summed E-state index contributed by atoms with van der Waals surface area (Å²) in [7, 11) is -9.65. The lowest BCUT2D eigenvalue weighted by Gasteiger charge is -2.43. The lowest BCUT2D eigenvalue weighted by Crippen LogP contribution is -2.59. The number of benzene rings is 1. The molecular formula is C42H62N8O12SSi2. The number of aryl methyl sites for hydroxylation is 2. The van der Waals surface area contributed by atoms with E-state index in [0.717, 1.165) is 14.5 Å². The van der Waals surface area contributed by atoms with E-state index in [1.165, 1.54) is 21.5 Å². The summed E-state index contributed by atoms with van der Waals surface area (Å²) in [6.45, 7) is 22.5. The van der Waals surface area contributed by atoms with Gasteiger partial charge >= 0.3 is 11.4 Å². The van der Waals surface area contributed by atoms with Gasteiger partial charge in [0.05, 0.1) is 49.6 Å². The van der Waals surface area contributed by atoms with E-state index in [0.29, 0.717) is 11.1 Å². The molecule has 23 heteroatoms. The first-order chi connectivity index (χ1) is 30.0. The molecule has 2 aromatic heterocycles. The second kappa shape index (κ2) is 17.7. The summed E-state index contributed by atoms with van der Waals surface area (Å²) in [4.78, 5) is 58.3. The highest BCUT2D eigenvalue weighted by Gasteiger charge is 2.67. The summed E-state index contributed by atoms with van der Waals surface area (Å²) in [5, 5.41) is 13.7. The van der Waals surface area contributed by atoms with Crippen LogP contribution in [0.1, 0.15) is 82.7 Å². The Labute approximate surface area is 379 Å². The molecule has 3 aromatic rings. The first-order valence-electron chi connectivity index (χ1n) is 21.4. The highest BCUT2D eigenvalue weighted by atomic mass is 32.2. The number of nitrogens with two attached hydrogens (primary N) is 1. The van der Waals surface area contributed by atoms with Gasteiger partial charge in [0, 0.05) is 34.9 Å². The molecule has 7 atom stereocenters. The van der Waals surface area contributed by atoms with E-state index in [-0.39, 0.29) is 48.0 Å². The first-order valence-corrected chi connectivity index (χ1v) is 28.7. The smallest absolute Gasteiger partial charge is 0.333 e. The third-order valence-electron chi connectivity index (χ3n) is 13.7. The summed E-state index contributed by atoms with van der Waals surface area (Å²) < 4.78 is 63.3. The van der Waals surface area contributed by atoms with Crippen molar-refractivity contribution in [2.45, 2.75) is 154 Å². The molecule has 2 fully saturated rings. The molecule has 1 spiro atoms. The van der Waals surface area contributed by atoms with Crippen molar-refractivity contribution in [3.8, 4) is 0 Å². The van der Waals surface area contributed by atoms with Crippen LogP contribution < -0.4 is 28.2 Å². The van der Waals surface area contributed by atoms with Crippen LogP contribution in [-0.4, -0.2) is 91.6 Å². The van der Waals surface area contributed by atoms with Crippen LogP contribution >= 0.6 is 0 Å². The number of aliphatic hydroxyl groups excluding tert-OH is 1. The Hall–Kier alpha value is -4.43. The molecule has 20 nitrogen and oxygen atoms in total. The molecule has 0 bridgehead atoms. The maximum atomic E-state index is 14.7. The SMILES string of the molecule is Cc1cn([C@@H]2OC(CO[Si](C)(C)C(C)(C)C)C3(OS(=O)(=O)C=C3N)[C@H]2O[Si](C)(C)C(C)(C)C)c(=O)n(Cc2ccc(Cn3c(=O)c(C)cn([C@H]4C[C@H](N=[N+]=[N-])[C@@H](CO)O4)c3=O)cc2)c1=O. The summed E-state index contributed by atoms with van der Waals surface area (Å²) in [5.74, 6) is 0. The summed E-state index contributed by atoms with van der Waals surface area (Å²) in [5.41, 5.74) is 12.5. The van der Waals surface area contributed by atoms with Gasteiger partial charge in [-0.25, -0.2) is 13.8 Å². The van der Waals surface area contributed by atoms with Crippen LogP contribution in [0.4, 0.5) is 0 Å². The highest BCUT2D eigenvalue weighted by Crippen LogP contribution is 2.52. The Morgan fingerprint density at radius 2 is 1.38 bits per heavy atom. The Balaban J connectivity index is 1.36. The zero-order valence-corrected chi connectivity index (χ0v) is 41.9. The molecule has 0 aliphatic carbocycles. The molecule has 3 aliphatic rings. The van der Waals surface area contributed by atoms with Crippen molar-refractivity contribution in [3.05, 3.63) is 122 Å². The van der Waals surface area contributed by atoms with E-state index in [2.05, 4.69) is 30.8 Å². The highest BCUT2D eigenvalue weighted by molar-refractivity contribution is 7.90. The molecular weight excluding hydrogens is 897 g/mol. The molecule has 2 unspecified atom stereocenters. The average molecular weight is 959 g/mol. The van der Waals surface area contributed by atoms with Crippen LogP contribution in [0.5, 0.6) is 0 Å². The van der Waals surface area contributed by atoms with E-state index in [4.69, 9.17) is 33.8 Å². The maximum absolute atomic E-state index is 14.7. The molecule has 0 amide bonds. The fourth-order valence-corrected chi connectivity index (χ4v) is 11.3. The lowest BCUT2D eigenvalue weighted by atomic mass is 9.89. The normalized spacial score (nSPS) is 25.8. The summed E-state index contributed by atoms with van der Waals surface area (Å²) in [6.07, 6.45) is -2.61. The van der Waals surface area contributed by atoms with E-state index in [1.807, 2.05) is 47.0 Å². The predicted octanol–water partition coefficient (Wildman–Crippen LogP) is 4.21. The van der Waals surface area contributed by atoms with Gasteiger partial charge in [-0.1, -0.05) is 70.9 Å². The van der Waals surface area contributed by atoms with Crippen LogP contribution in [0, 0.1) is 13.8 Å². The van der Waals surface area contributed by atoms with Gasteiger partial charge in [0.25, 0.3) is 21.2 Å². The number of nitrogens with zero attached hydrogens (tertiary/aromatic N) is 7. The van der Waals surface area contributed by atoms with E-state index < -0.39 is 103 Å². The number of ether oxygens (including phenoxy) is 2.